The molecular formula is C20H39N3. The van der Waals surface area contributed by atoms with Crippen LogP contribution in [0.15, 0.2) is 17.1 Å². The minimum atomic E-state index is 0.119. The van der Waals surface area contributed by atoms with E-state index in [0.29, 0.717) is 0 Å². The molecule has 134 valence electrons. The maximum Gasteiger partial charge on any atom is 0.100 e. The predicted octanol–water partition coefficient (Wildman–Crippen LogP) is 5.26. The lowest BCUT2D eigenvalue weighted by molar-refractivity contribution is 0.358. The minimum Gasteiger partial charge on any atom is -0.343 e. The summed E-state index contributed by atoms with van der Waals surface area (Å²) in [5.74, 6) is 1.25. The van der Waals surface area contributed by atoms with Crippen LogP contribution in [-0.4, -0.2) is 30.0 Å². The molecule has 0 radical (unpaired) electrons. The minimum absolute atomic E-state index is 0.119. The Kier molecular flexibility index (Phi) is 11.9. The molecule has 1 unspecified atom stereocenters. The van der Waals surface area contributed by atoms with Gasteiger partial charge in [-0.25, -0.2) is 0 Å². The molecule has 23 heavy (non-hydrogen) atoms. The SMILES string of the molecule is CC/C=C/CCCCCCCCCCCC1=NCCN1C(C)N. The summed E-state index contributed by atoms with van der Waals surface area (Å²) in [6.07, 6.45) is 20.7. The van der Waals surface area contributed by atoms with Gasteiger partial charge in [0, 0.05) is 13.0 Å². The van der Waals surface area contributed by atoms with E-state index in [1.165, 1.54) is 76.5 Å². The lowest BCUT2D eigenvalue weighted by Crippen LogP contribution is -2.41. The summed E-state index contributed by atoms with van der Waals surface area (Å²) in [6, 6.07) is 0. The first-order chi connectivity index (χ1) is 11.3. The highest BCUT2D eigenvalue weighted by molar-refractivity contribution is 5.83. The van der Waals surface area contributed by atoms with Gasteiger partial charge in [-0.1, -0.05) is 64.0 Å². The molecular weight excluding hydrogens is 282 g/mol. The zero-order valence-electron chi connectivity index (χ0n) is 15.6. The molecule has 0 aromatic heterocycles. The van der Waals surface area contributed by atoms with Crippen LogP contribution in [0.5, 0.6) is 0 Å². The summed E-state index contributed by atoms with van der Waals surface area (Å²) in [5.41, 5.74) is 5.97. The molecule has 1 atom stereocenters. The Morgan fingerprint density at radius 1 is 1.00 bits per heavy atom. The smallest absolute Gasteiger partial charge is 0.100 e. The summed E-state index contributed by atoms with van der Waals surface area (Å²) in [6.45, 7) is 6.21. The lowest BCUT2D eigenvalue weighted by atomic mass is 10.1. The van der Waals surface area contributed by atoms with Crippen molar-refractivity contribution in [2.45, 2.75) is 97.1 Å². The molecule has 0 saturated heterocycles. The Labute approximate surface area is 144 Å². The predicted molar refractivity (Wildman–Crippen MR) is 103 cm³/mol. The van der Waals surface area contributed by atoms with Gasteiger partial charge in [-0.05, 0) is 32.6 Å². The van der Waals surface area contributed by atoms with Crippen LogP contribution in [0.1, 0.15) is 90.9 Å². The second-order valence-corrected chi connectivity index (χ2v) is 6.83. The highest BCUT2D eigenvalue weighted by atomic mass is 15.3. The van der Waals surface area contributed by atoms with E-state index in [-0.39, 0.29) is 6.17 Å². The van der Waals surface area contributed by atoms with Crippen molar-refractivity contribution in [1.82, 2.24) is 4.90 Å². The molecule has 0 aromatic rings. The third-order valence-electron chi connectivity index (χ3n) is 4.63. The van der Waals surface area contributed by atoms with Crippen LogP contribution in [0.4, 0.5) is 0 Å². The van der Waals surface area contributed by atoms with Crippen molar-refractivity contribution in [2.24, 2.45) is 10.7 Å². The fraction of sp³-hybridized carbons (Fsp3) is 0.850. The summed E-state index contributed by atoms with van der Waals surface area (Å²) in [7, 11) is 0. The highest BCUT2D eigenvalue weighted by Gasteiger charge is 2.18. The van der Waals surface area contributed by atoms with Gasteiger partial charge < -0.3 is 10.6 Å². The first-order valence-corrected chi connectivity index (χ1v) is 9.96. The number of hydrogen-bond donors (Lipinski definition) is 1. The highest BCUT2D eigenvalue weighted by Crippen LogP contribution is 2.14. The number of amidine groups is 1. The zero-order chi connectivity index (χ0) is 16.8. The normalized spacial score (nSPS) is 16.3. The van der Waals surface area contributed by atoms with Crippen LogP contribution in [0.2, 0.25) is 0 Å². The average Bonchev–Trinajstić information content (AvgIpc) is 3.00. The first-order valence-electron chi connectivity index (χ1n) is 9.96. The van der Waals surface area contributed by atoms with Gasteiger partial charge >= 0.3 is 0 Å². The number of rotatable bonds is 14. The molecule has 1 rings (SSSR count). The van der Waals surface area contributed by atoms with Crippen LogP contribution in [0.3, 0.4) is 0 Å². The number of nitrogens with two attached hydrogens (primary N) is 1. The second kappa shape index (κ2) is 13.6. The molecule has 3 heteroatoms. The van der Waals surface area contributed by atoms with Gasteiger partial charge in [0.05, 0.1) is 12.7 Å². The van der Waals surface area contributed by atoms with E-state index in [0.717, 1.165) is 19.5 Å². The fourth-order valence-corrected chi connectivity index (χ4v) is 3.24. The summed E-state index contributed by atoms with van der Waals surface area (Å²) in [4.78, 5) is 6.85. The van der Waals surface area contributed by atoms with Crippen molar-refractivity contribution < 1.29 is 0 Å². The van der Waals surface area contributed by atoms with Crippen molar-refractivity contribution in [3.63, 3.8) is 0 Å². The van der Waals surface area contributed by atoms with Crippen molar-refractivity contribution >= 4 is 5.84 Å². The lowest BCUT2D eigenvalue weighted by Gasteiger charge is -2.24. The Balaban J connectivity index is 1.84. The quantitative estimate of drug-likeness (QED) is 0.350. The topological polar surface area (TPSA) is 41.6 Å². The van der Waals surface area contributed by atoms with Crippen LogP contribution in [0, 0.1) is 0 Å². The standard InChI is InChI=1S/C20H39N3/c1-3-4-5-6-7-8-9-10-11-12-13-14-15-16-20-22-17-18-23(20)19(2)21/h4-5,19H,3,6-18,21H2,1-2H3/b5-4+. The molecule has 0 aromatic carbocycles. The Morgan fingerprint density at radius 3 is 2.22 bits per heavy atom. The summed E-state index contributed by atoms with van der Waals surface area (Å²) >= 11 is 0. The largest absolute Gasteiger partial charge is 0.343 e. The van der Waals surface area contributed by atoms with Crippen molar-refractivity contribution in [3.8, 4) is 0 Å². The maximum atomic E-state index is 5.97. The summed E-state index contributed by atoms with van der Waals surface area (Å²) in [5, 5.41) is 0. The molecule has 2 N–H and O–H groups in total. The molecule has 1 aliphatic heterocycles. The van der Waals surface area contributed by atoms with Crippen LogP contribution in [-0.2, 0) is 0 Å². The van der Waals surface area contributed by atoms with E-state index in [4.69, 9.17) is 5.73 Å². The zero-order valence-corrected chi connectivity index (χ0v) is 15.6. The van der Waals surface area contributed by atoms with Crippen molar-refractivity contribution in [3.05, 3.63) is 12.2 Å². The molecule has 0 fully saturated rings. The van der Waals surface area contributed by atoms with Crippen molar-refractivity contribution in [2.75, 3.05) is 13.1 Å². The molecule has 0 spiro atoms. The molecule has 0 amide bonds. The molecule has 1 heterocycles. The van der Waals surface area contributed by atoms with Crippen LogP contribution < -0.4 is 5.73 Å². The van der Waals surface area contributed by atoms with Gasteiger partial charge in [0.2, 0.25) is 0 Å². The maximum absolute atomic E-state index is 5.97. The van der Waals surface area contributed by atoms with Crippen LogP contribution in [0.25, 0.3) is 0 Å². The monoisotopic (exact) mass is 321 g/mol. The number of hydrogen-bond acceptors (Lipinski definition) is 3. The number of aliphatic imine (C=N–C) groups is 1. The van der Waals surface area contributed by atoms with E-state index in [1.54, 1.807) is 0 Å². The van der Waals surface area contributed by atoms with Crippen LogP contribution >= 0.6 is 0 Å². The fourth-order valence-electron chi connectivity index (χ4n) is 3.24. The van der Waals surface area contributed by atoms with E-state index >= 15 is 0 Å². The van der Waals surface area contributed by atoms with Gasteiger partial charge in [0.25, 0.3) is 0 Å². The van der Waals surface area contributed by atoms with Gasteiger partial charge in [-0.2, -0.15) is 0 Å². The Bertz CT molecular complexity index is 334. The number of nitrogens with zero attached hydrogens (tertiary/aromatic N) is 2. The Morgan fingerprint density at radius 2 is 1.61 bits per heavy atom. The third-order valence-corrected chi connectivity index (χ3v) is 4.63. The molecule has 0 aliphatic carbocycles. The molecule has 0 saturated carbocycles. The average molecular weight is 322 g/mol. The first kappa shape index (κ1) is 20.2. The van der Waals surface area contributed by atoms with Gasteiger partial charge in [-0.3, -0.25) is 4.99 Å². The van der Waals surface area contributed by atoms with E-state index in [1.807, 2.05) is 0 Å². The molecule has 1 aliphatic rings. The van der Waals surface area contributed by atoms with E-state index in [2.05, 4.69) is 35.9 Å². The molecule has 3 nitrogen and oxygen atoms in total. The number of allylic oxidation sites excluding steroid dienone is 2. The van der Waals surface area contributed by atoms with Gasteiger partial charge in [0.15, 0.2) is 0 Å². The number of unbranched alkanes of at least 4 members (excludes halogenated alkanes) is 9. The Hall–Kier alpha value is -0.830. The van der Waals surface area contributed by atoms with Gasteiger partial charge in [0.1, 0.15) is 5.84 Å². The summed E-state index contributed by atoms with van der Waals surface area (Å²) < 4.78 is 0. The molecule has 0 bridgehead atoms. The van der Waals surface area contributed by atoms with E-state index < -0.39 is 0 Å². The third kappa shape index (κ3) is 9.80. The van der Waals surface area contributed by atoms with Gasteiger partial charge in [-0.15, -0.1) is 0 Å². The van der Waals surface area contributed by atoms with Crippen molar-refractivity contribution in [1.29, 1.82) is 0 Å². The van der Waals surface area contributed by atoms with E-state index in [9.17, 15) is 0 Å². The second-order valence-electron chi connectivity index (χ2n) is 6.83.